The van der Waals surface area contributed by atoms with E-state index in [1.165, 1.54) is 14.6 Å². The lowest BCUT2D eigenvalue weighted by atomic mass is 9.93. The number of fused-ring (bicyclic) bond motifs is 1. The molecule has 0 fully saturated rings. The molecule has 3 aromatic rings. The van der Waals surface area contributed by atoms with Gasteiger partial charge in [0.05, 0.1) is 19.7 Å². The minimum absolute atomic E-state index is 0.204. The molecule has 6 nitrogen and oxygen atoms in total. The molecule has 0 bridgehead atoms. The molecule has 8 heteroatoms. The van der Waals surface area contributed by atoms with Gasteiger partial charge in [-0.1, -0.05) is 49.4 Å². The predicted molar refractivity (Wildman–Crippen MR) is 145 cm³/mol. The molecule has 0 aliphatic carbocycles. The number of carbonyl (C=O) groups excluding carboxylic acids is 1. The van der Waals surface area contributed by atoms with Gasteiger partial charge in [0.25, 0.3) is 0 Å². The Morgan fingerprint density at radius 3 is 2.56 bits per heavy atom. The summed E-state index contributed by atoms with van der Waals surface area (Å²) in [5, 5.41) is 3.26. The highest BCUT2D eigenvalue weighted by Crippen LogP contribution is 2.38. The van der Waals surface area contributed by atoms with Gasteiger partial charge in [0.15, 0.2) is 0 Å². The summed E-state index contributed by atoms with van der Waals surface area (Å²) in [5.74, 6) is 0.543. The molecular weight excluding hydrogens is 492 g/mol. The minimum atomic E-state index is -3.82. The van der Waals surface area contributed by atoms with Crippen LogP contribution in [0.4, 0.5) is 0 Å². The predicted octanol–water partition coefficient (Wildman–Crippen LogP) is 5.33. The van der Waals surface area contributed by atoms with E-state index in [-0.39, 0.29) is 24.5 Å². The molecule has 2 aromatic carbocycles. The first-order valence-electron chi connectivity index (χ1n) is 12.1. The van der Waals surface area contributed by atoms with E-state index >= 15 is 0 Å². The fourth-order valence-corrected chi connectivity index (χ4v) is 6.79. The number of hydrogen-bond acceptors (Lipinski definition) is 5. The second-order valence-corrected chi connectivity index (χ2v) is 11.6. The minimum Gasteiger partial charge on any atom is -0.497 e. The van der Waals surface area contributed by atoms with Crippen LogP contribution in [0.2, 0.25) is 0 Å². The average molecular weight is 525 g/mol. The molecule has 0 N–H and O–H groups in total. The van der Waals surface area contributed by atoms with Crippen molar-refractivity contribution >= 4 is 33.3 Å². The molecule has 2 heterocycles. The van der Waals surface area contributed by atoms with Gasteiger partial charge >= 0.3 is 0 Å². The van der Waals surface area contributed by atoms with E-state index in [9.17, 15) is 13.2 Å². The maximum absolute atomic E-state index is 13.8. The third-order valence-electron chi connectivity index (χ3n) is 6.65. The van der Waals surface area contributed by atoms with Crippen LogP contribution in [-0.4, -0.2) is 49.8 Å². The first-order valence-corrected chi connectivity index (χ1v) is 14.5. The van der Waals surface area contributed by atoms with E-state index in [4.69, 9.17) is 4.74 Å². The number of hydrogen-bond donors (Lipinski definition) is 0. The van der Waals surface area contributed by atoms with Crippen molar-refractivity contribution in [1.82, 2.24) is 9.21 Å². The first kappa shape index (κ1) is 26.1. The van der Waals surface area contributed by atoms with Gasteiger partial charge in [0.1, 0.15) is 5.75 Å². The standard InChI is InChI=1S/C28H32N2O4S2/c1-4-21(2)30(36(32,33)19-16-22-8-6-5-7-9-22)20-27(31)29-17-14-26-25(15-18-35-26)28(29)23-10-12-24(34-3)13-11-23/h5-13,15-16,18-19,21,28H,4,14,17,20H2,1-3H3. The number of nitrogens with zero attached hydrogens (tertiary/aromatic N) is 2. The van der Waals surface area contributed by atoms with Crippen LogP contribution < -0.4 is 4.74 Å². The van der Waals surface area contributed by atoms with Crippen LogP contribution in [-0.2, 0) is 21.2 Å². The largest absolute Gasteiger partial charge is 0.497 e. The second-order valence-electron chi connectivity index (χ2n) is 8.87. The van der Waals surface area contributed by atoms with Gasteiger partial charge in [-0.05, 0) is 66.1 Å². The Hall–Kier alpha value is -2.94. The van der Waals surface area contributed by atoms with Crippen molar-refractivity contribution in [3.63, 3.8) is 0 Å². The van der Waals surface area contributed by atoms with E-state index in [1.54, 1.807) is 24.5 Å². The van der Waals surface area contributed by atoms with E-state index < -0.39 is 10.0 Å². The van der Waals surface area contributed by atoms with Crippen molar-refractivity contribution in [2.24, 2.45) is 0 Å². The molecule has 1 aliphatic heterocycles. The van der Waals surface area contributed by atoms with Gasteiger partial charge in [0.2, 0.25) is 15.9 Å². The molecular formula is C28H32N2O4S2. The lowest BCUT2D eigenvalue weighted by Crippen LogP contribution is -2.48. The zero-order chi connectivity index (χ0) is 25.7. The molecule has 1 amide bonds. The lowest BCUT2D eigenvalue weighted by Gasteiger charge is -2.38. The maximum Gasteiger partial charge on any atom is 0.238 e. The summed E-state index contributed by atoms with van der Waals surface area (Å²) >= 11 is 1.70. The molecule has 190 valence electrons. The number of methoxy groups -OCH3 is 1. The van der Waals surface area contributed by atoms with E-state index in [2.05, 4.69) is 11.4 Å². The van der Waals surface area contributed by atoms with Crippen molar-refractivity contribution in [2.45, 2.75) is 38.8 Å². The quantitative estimate of drug-likeness (QED) is 0.379. The Balaban J connectivity index is 1.62. The van der Waals surface area contributed by atoms with Crippen LogP contribution in [0.5, 0.6) is 5.75 Å². The number of benzene rings is 2. The third kappa shape index (κ3) is 5.72. The second kappa shape index (κ2) is 11.4. The molecule has 0 radical (unpaired) electrons. The fraction of sp³-hybridized carbons (Fsp3) is 0.321. The van der Waals surface area contributed by atoms with E-state index in [0.717, 1.165) is 28.9 Å². The van der Waals surface area contributed by atoms with Crippen LogP contribution in [0.3, 0.4) is 0 Å². The number of thiophene rings is 1. The summed E-state index contributed by atoms with van der Waals surface area (Å²) in [6, 6.07) is 18.5. The van der Waals surface area contributed by atoms with Gasteiger partial charge in [-0.25, -0.2) is 8.42 Å². The molecule has 0 spiro atoms. The van der Waals surface area contributed by atoms with Crippen LogP contribution in [0.25, 0.3) is 6.08 Å². The van der Waals surface area contributed by atoms with Crippen molar-refractivity contribution in [3.8, 4) is 5.75 Å². The maximum atomic E-state index is 13.8. The fourth-order valence-electron chi connectivity index (χ4n) is 4.46. The van der Waals surface area contributed by atoms with Crippen LogP contribution in [0, 0.1) is 0 Å². The van der Waals surface area contributed by atoms with Crippen molar-refractivity contribution in [1.29, 1.82) is 0 Å². The Bertz CT molecular complexity index is 1300. The van der Waals surface area contributed by atoms with Gasteiger partial charge in [0, 0.05) is 22.9 Å². The first-order chi connectivity index (χ1) is 17.3. The Morgan fingerprint density at radius 1 is 1.17 bits per heavy atom. The summed E-state index contributed by atoms with van der Waals surface area (Å²) in [6.07, 6.45) is 2.94. The van der Waals surface area contributed by atoms with Gasteiger partial charge in [-0.2, -0.15) is 4.31 Å². The van der Waals surface area contributed by atoms with Gasteiger partial charge in [-0.3, -0.25) is 4.79 Å². The average Bonchev–Trinajstić information content (AvgIpc) is 3.39. The number of carbonyl (C=O) groups is 1. The molecule has 1 aliphatic rings. The highest BCUT2D eigenvalue weighted by Gasteiger charge is 2.35. The summed E-state index contributed by atoms with van der Waals surface area (Å²) in [6.45, 7) is 4.10. The van der Waals surface area contributed by atoms with Crippen molar-refractivity contribution in [2.75, 3.05) is 20.2 Å². The summed E-state index contributed by atoms with van der Waals surface area (Å²) < 4.78 is 33.3. The van der Waals surface area contributed by atoms with Crippen molar-refractivity contribution in [3.05, 3.63) is 93.0 Å². The third-order valence-corrected chi connectivity index (χ3v) is 9.27. The monoisotopic (exact) mass is 524 g/mol. The summed E-state index contributed by atoms with van der Waals surface area (Å²) in [4.78, 5) is 16.8. The summed E-state index contributed by atoms with van der Waals surface area (Å²) in [7, 11) is -2.19. The van der Waals surface area contributed by atoms with Gasteiger partial charge in [-0.15, -0.1) is 11.3 Å². The number of ether oxygens (including phenoxy) is 1. The Morgan fingerprint density at radius 2 is 1.89 bits per heavy atom. The van der Waals surface area contributed by atoms with E-state index in [0.29, 0.717) is 13.0 Å². The Labute approximate surface area is 217 Å². The molecule has 2 unspecified atom stereocenters. The molecule has 36 heavy (non-hydrogen) atoms. The van der Waals surface area contributed by atoms with E-state index in [1.807, 2.05) is 73.3 Å². The normalized spacial score (nSPS) is 16.8. The van der Waals surface area contributed by atoms with Crippen LogP contribution in [0.1, 0.15) is 47.9 Å². The zero-order valence-electron chi connectivity index (χ0n) is 20.8. The molecule has 4 rings (SSSR count). The number of rotatable bonds is 9. The number of amides is 1. The zero-order valence-corrected chi connectivity index (χ0v) is 22.5. The lowest BCUT2D eigenvalue weighted by molar-refractivity contribution is -0.133. The van der Waals surface area contributed by atoms with Crippen molar-refractivity contribution < 1.29 is 17.9 Å². The molecule has 0 saturated heterocycles. The van der Waals surface area contributed by atoms with Crippen LogP contribution >= 0.6 is 11.3 Å². The Kier molecular flexibility index (Phi) is 8.28. The number of sulfonamides is 1. The highest BCUT2D eigenvalue weighted by molar-refractivity contribution is 7.92. The highest BCUT2D eigenvalue weighted by atomic mass is 32.2. The van der Waals surface area contributed by atoms with Gasteiger partial charge < -0.3 is 9.64 Å². The smallest absolute Gasteiger partial charge is 0.238 e. The molecule has 0 saturated carbocycles. The van der Waals surface area contributed by atoms with Crippen LogP contribution in [0.15, 0.2) is 71.5 Å². The topological polar surface area (TPSA) is 66.9 Å². The summed E-state index contributed by atoms with van der Waals surface area (Å²) in [5.41, 5.74) is 2.87. The molecule has 1 aromatic heterocycles. The SMILES string of the molecule is CCC(C)N(CC(=O)N1CCc2sccc2C1c1ccc(OC)cc1)S(=O)(=O)C=Cc1ccccc1. The molecule has 2 atom stereocenters.